The van der Waals surface area contributed by atoms with Gasteiger partial charge in [0, 0.05) is 25.3 Å². The van der Waals surface area contributed by atoms with Crippen molar-refractivity contribution in [3.8, 4) is 0 Å². The molecule has 2 aromatic carbocycles. The van der Waals surface area contributed by atoms with Crippen molar-refractivity contribution in [2.75, 3.05) is 24.5 Å². The number of sulfonamides is 1. The maximum absolute atomic E-state index is 13.3. The highest BCUT2D eigenvalue weighted by atomic mass is 32.2. The standard InChI is InChI=1S/C21H24N2O3S/c1-17-8-5-6-11-19(17)27(25,26)22-14-7-12-21(16-22)13-15-23(20(21)24)18-9-3-2-4-10-18/h2-6,8-11H,7,12-16H2,1H3. The third-order valence-corrected chi connectivity index (χ3v) is 7.84. The molecule has 1 atom stereocenters. The van der Waals surface area contributed by atoms with Crippen LogP contribution in [0.25, 0.3) is 0 Å². The van der Waals surface area contributed by atoms with Crippen molar-refractivity contribution < 1.29 is 13.2 Å². The molecule has 0 N–H and O–H groups in total. The molecule has 6 heteroatoms. The van der Waals surface area contributed by atoms with Gasteiger partial charge >= 0.3 is 0 Å². The quantitative estimate of drug-likeness (QED) is 0.817. The Hall–Kier alpha value is -2.18. The van der Waals surface area contributed by atoms with Crippen molar-refractivity contribution in [1.29, 1.82) is 0 Å². The molecule has 27 heavy (non-hydrogen) atoms. The summed E-state index contributed by atoms with van der Waals surface area (Å²) in [5.41, 5.74) is 1.02. The van der Waals surface area contributed by atoms with E-state index < -0.39 is 15.4 Å². The number of benzene rings is 2. The van der Waals surface area contributed by atoms with E-state index in [1.165, 1.54) is 4.31 Å². The van der Waals surface area contributed by atoms with Crippen LogP contribution >= 0.6 is 0 Å². The number of piperidine rings is 1. The first-order chi connectivity index (χ1) is 12.9. The molecule has 2 aromatic rings. The highest BCUT2D eigenvalue weighted by Gasteiger charge is 2.51. The number of hydrogen-bond acceptors (Lipinski definition) is 3. The van der Waals surface area contributed by atoms with Gasteiger partial charge in [0.05, 0.1) is 10.3 Å². The molecule has 4 rings (SSSR count). The van der Waals surface area contributed by atoms with Crippen LogP contribution in [0.3, 0.4) is 0 Å². The summed E-state index contributed by atoms with van der Waals surface area (Å²) >= 11 is 0. The van der Waals surface area contributed by atoms with E-state index in [4.69, 9.17) is 0 Å². The van der Waals surface area contributed by atoms with Gasteiger partial charge in [-0.2, -0.15) is 4.31 Å². The molecule has 2 heterocycles. The number of carbonyl (C=O) groups is 1. The Kier molecular flexibility index (Phi) is 4.56. The number of nitrogens with zero attached hydrogens (tertiary/aromatic N) is 2. The molecule has 142 valence electrons. The highest BCUT2D eigenvalue weighted by Crippen LogP contribution is 2.43. The van der Waals surface area contributed by atoms with Crippen LogP contribution in [0.2, 0.25) is 0 Å². The van der Waals surface area contributed by atoms with Gasteiger partial charge in [-0.05, 0) is 49.9 Å². The van der Waals surface area contributed by atoms with Gasteiger partial charge < -0.3 is 4.90 Å². The number of hydrogen-bond donors (Lipinski definition) is 0. The predicted molar refractivity (Wildman–Crippen MR) is 105 cm³/mol. The summed E-state index contributed by atoms with van der Waals surface area (Å²) in [6.45, 7) is 3.19. The second-order valence-corrected chi connectivity index (χ2v) is 9.44. The molecule has 2 aliphatic rings. The van der Waals surface area contributed by atoms with Gasteiger partial charge in [0.2, 0.25) is 15.9 Å². The number of para-hydroxylation sites is 1. The second kappa shape index (κ2) is 6.77. The zero-order valence-corrected chi connectivity index (χ0v) is 16.3. The van der Waals surface area contributed by atoms with E-state index >= 15 is 0 Å². The molecular formula is C21H24N2O3S. The van der Waals surface area contributed by atoms with Crippen LogP contribution in [0, 0.1) is 12.3 Å². The van der Waals surface area contributed by atoms with Crippen LogP contribution in [0.4, 0.5) is 5.69 Å². The minimum Gasteiger partial charge on any atom is -0.312 e. The molecule has 1 spiro atoms. The van der Waals surface area contributed by atoms with Crippen LogP contribution in [-0.4, -0.2) is 38.3 Å². The van der Waals surface area contributed by atoms with E-state index in [0.717, 1.165) is 17.7 Å². The Balaban J connectivity index is 1.62. The average molecular weight is 385 g/mol. The minimum atomic E-state index is -3.60. The summed E-state index contributed by atoms with van der Waals surface area (Å²) in [6.07, 6.45) is 2.15. The SMILES string of the molecule is Cc1ccccc1S(=O)(=O)N1CCCC2(CCN(c3ccccc3)C2=O)C1. The molecule has 0 aliphatic carbocycles. The van der Waals surface area contributed by atoms with E-state index in [0.29, 0.717) is 30.8 Å². The van der Waals surface area contributed by atoms with E-state index in [9.17, 15) is 13.2 Å². The molecular weight excluding hydrogens is 360 g/mol. The van der Waals surface area contributed by atoms with Crippen molar-refractivity contribution in [1.82, 2.24) is 4.31 Å². The van der Waals surface area contributed by atoms with Crippen molar-refractivity contribution >= 4 is 21.6 Å². The van der Waals surface area contributed by atoms with E-state index in [1.54, 1.807) is 12.1 Å². The molecule has 1 unspecified atom stereocenters. The van der Waals surface area contributed by atoms with E-state index in [2.05, 4.69) is 0 Å². The number of carbonyl (C=O) groups excluding carboxylic acids is 1. The van der Waals surface area contributed by atoms with Gasteiger partial charge in [0.15, 0.2) is 0 Å². The molecule has 0 bridgehead atoms. The number of anilines is 1. The number of amides is 1. The lowest BCUT2D eigenvalue weighted by molar-refractivity contribution is -0.127. The second-order valence-electron chi connectivity index (χ2n) is 7.53. The van der Waals surface area contributed by atoms with Gasteiger partial charge in [-0.1, -0.05) is 36.4 Å². The third-order valence-electron chi connectivity index (χ3n) is 5.83. The molecule has 0 aromatic heterocycles. The van der Waals surface area contributed by atoms with Crippen LogP contribution in [0.1, 0.15) is 24.8 Å². The fraction of sp³-hybridized carbons (Fsp3) is 0.381. The largest absolute Gasteiger partial charge is 0.312 e. The zero-order valence-electron chi connectivity index (χ0n) is 15.5. The lowest BCUT2D eigenvalue weighted by Gasteiger charge is -2.38. The first-order valence-electron chi connectivity index (χ1n) is 9.37. The Morgan fingerprint density at radius 3 is 2.37 bits per heavy atom. The molecule has 1 amide bonds. The topological polar surface area (TPSA) is 57.7 Å². The molecule has 2 fully saturated rings. The highest BCUT2D eigenvalue weighted by molar-refractivity contribution is 7.89. The van der Waals surface area contributed by atoms with Gasteiger partial charge in [0.1, 0.15) is 0 Å². The van der Waals surface area contributed by atoms with Gasteiger partial charge in [-0.15, -0.1) is 0 Å². The van der Waals surface area contributed by atoms with E-state index in [-0.39, 0.29) is 12.5 Å². The number of aryl methyl sites for hydroxylation is 1. The summed E-state index contributed by atoms with van der Waals surface area (Å²) in [7, 11) is -3.60. The lowest BCUT2D eigenvalue weighted by Crippen LogP contribution is -2.49. The van der Waals surface area contributed by atoms with Crippen LogP contribution < -0.4 is 4.90 Å². The van der Waals surface area contributed by atoms with Crippen molar-refractivity contribution in [2.24, 2.45) is 5.41 Å². The smallest absolute Gasteiger partial charge is 0.243 e. The van der Waals surface area contributed by atoms with Crippen molar-refractivity contribution in [2.45, 2.75) is 31.1 Å². The van der Waals surface area contributed by atoms with Crippen LogP contribution in [-0.2, 0) is 14.8 Å². The Morgan fingerprint density at radius 1 is 0.926 bits per heavy atom. The number of rotatable bonds is 3. The van der Waals surface area contributed by atoms with Crippen LogP contribution in [0.15, 0.2) is 59.5 Å². The van der Waals surface area contributed by atoms with Gasteiger partial charge in [-0.25, -0.2) is 8.42 Å². The van der Waals surface area contributed by atoms with Gasteiger partial charge in [0.25, 0.3) is 0 Å². The average Bonchev–Trinajstić information content (AvgIpc) is 2.98. The molecule has 5 nitrogen and oxygen atoms in total. The third kappa shape index (κ3) is 3.07. The summed E-state index contributed by atoms with van der Waals surface area (Å²) in [5, 5.41) is 0. The Labute approximate surface area is 160 Å². The summed E-state index contributed by atoms with van der Waals surface area (Å²) in [4.78, 5) is 15.4. The first kappa shape index (κ1) is 18.2. The molecule has 2 saturated heterocycles. The summed E-state index contributed by atoms with van der Waals surface area (Å²) in [5.74, 6) is 0.0541. The Bertz CT molecular complexity index is 958. The van der Waals surface area contributed by atoms with Gasteiger partial charge in [-0.3, -0.25) is 4.79 Å². The first-order valence-corrected chi connectivity index (χ1v) is 10.8. The predicted octanol–water partition coefficient (Wildman–Crippen LogP) is 3.20. The summed E-state index contributed by atoms with van der Waals surface area (Å²) in [6, 6.07) is 16.7. The molecule has 0 saturated carbocycles. The molecule has 2 aliphatic heterocycles. The minimum absolute atomic E-state index is 0.0541. The molecule has 0 radical (unpaired) electrons. The maximum Gasteiger partial charge on any atom is 0.243 e. The zero-order chi connectivity index (χ0) is 19.1. The lowest BCUT2D eigenvalue weighted by atomic mass is 9.79. The normalized spacial score (nSPS) is 23.9. The fourth-order valence-corrected chi connectivity index (χ4v) is 6.12. The fourth-order valence-electron chi connectivity index (χ4n) is 4.33. The van der Waals surface area contributed by atoms with Crippen molar-refractivity contribution in [3.05, 3.63) is 60.2 Å². The maximum atomic E-state index is 13.3. The summed E-state index contributed by atoms with van der Waals surface area (Å²) < 4.78 is 27.9. The van der Waals surface area contributed by atoms with E-state index in [1.807, 2.05) is 54.3 Å². The van der Waals surface area contributed by atoms with Crippen LogP contribution in [0.5, 0.6) is 0 Å². The monoisotopic (exact) mass is 384 g/mol. The Morgan fingerprint density at radius 2 is 1.63 bits per heavy atom. The van der Waals surface area contributed by atoms with Crippen molar-refractivity contribution in [3.63, 3.8) is 0 Å².